The number of aryl methyl sites for hydroxylation is 1. The monoisotopic (exact) mass is 362 g/mol. The van der Waals surface area contributed by atoms with E-state index in [0.717, 1.165) is 37.3 Å². The van der Waals surface area contributed by atoms with Crippen LogP contribution in [0.5, 0.6) is 0 Å². The molecule has 7 heteroatoms. The maximum Gasteiger partial charge on any atom is 0.253 e. The molecule has 138 valence electrons. The lowest BCUT2D eigenvalue weighted by Gasteiger charge is -2.36. The number of hydrogen-bond acceptors (Lipinski definition) is 5. The summed E-state index contributed by atoms with van der Waals surface area (Å²) in [5.74, 6) is 0.0903. The Morgan fingerprint density at radius 2 is 1.67 bits per heavy atom. The molecule has 2 heterocycles. The summed E-state index contributed by atoms with van der Waals surface area (Å²) in [5.41, 5.74) is 4.26. The van der Waals surface area contributed by atoms with Gasteiger partial charge in [0.2, 0.25) is 0 Å². The number of rotatable bonds is 4. The van der Waals surface area contributed by atoms with E-state index >= 15 is 0 Å². The lowest BCUT2D eigenvalue weighted by Crippen LogP contribution is -2.48. The first kappa shape index (κ1) is 17.2. The lowest BCUT2D eigenvalue weighted by atomic mass is 10.1. The molecule has 1 aliphatic heterocycles. The predicted molar refractivity (Wildman–Crippen MR) is 103 cm³/mol. The summed E-state index contributed by atoms with van der Waals surface area (Å²) in [6.07, 6.45) is 1.58. The Kier molecular flexibility index (Phi) is 4.82. The minimum atomic E-state index is 0.0903. The minimum Gasteiger partial charge on any atom is -0.368 e. The molecule has 1 aliphatic rings. The van der Waals surface area contributed by atoms with E-state index in [2.05, 4.69) is 51.6 Å². The van der Waals surface area contributed by atoms with Gasteiger partial charge in [-0.2, -0.15) is 0 Å². The number of aromatic nitrogens is 4. The summed E-state index contributed by atoms with van der Waals surface area (Å²) in [7, 11) is 0. The van der Waals surface area contributed by atoms with Crippen molar-refractivity contribution in [1.29, 1.82) is 0 Å². The molecule has 1 amide bonds. The van der Waals surface area contributed by atoms with Gasteiger partial charge >= 0.3 is 0 Å². The van der Waals surface area contributed by atoms with Gasteiger partial charge in [-0.25, -0.2) is 4.68 Å². The van der Waals surface area contributed by atoms with Crippen molar-refractivity contribution in [2.24, 2.45) is 0 Å². The second-order valence-electron chi connectivity index (χ2n) is 6.82. The van der Waals surface area contributed by atoms with E-state index in [1.807, 2.05) is 29.2 Å². The van der Waals surface area contributed by atoms with E-state index in [9.17, 15) is 4.79 Å². The molecule has 1 aromatic heterocycles. The number of piperazine rings is 1. The highest BCUT2D eigenvalue weighted by Gasteiger charge is 2.22. The molecule has 1 saturated heterocycles. The summed E-state index contributed by atoms with van der Waals surface area (Å²) in [6, 6.07) is 16.2. The first-order chi connectivity index (χ1) is 13.2. The number of nitrogens with zero attached hydrogens (tertiary/aromatic N) is 6. The largest absolute Gasteiger partial charge is 0.368 e. The Bertz CT molecular complexity index is 881. The van der Waals surface area contributed by atoms with Crippen molar-refractivity contribution in [3.8, 4) is 0 Å². The van der Waals surface area contributed by atoms with Crippen LogP contribution in [0.2, 0.25) is 0 Å². The van der Waals surface area contributed by atoms with Crippen LogP contribution in [-0.4, -0.2) is 57.2 Å². The Morgan fingerprint density at radius 1 is 0.963 bits per heavy atom. The molecule has 0 bridgehead atoms. The minimum absolute atomic E-state index is 0.0903. The summed E-state index contributed by atoms with van der Waals surface area (Å²) >= 11 is 0. The molecule has 2 aromatic carbocycles. The molecule has 0 atom stereocenters. The molecular weight excluding hydrogens is 340 g/mol. The molecule has 0 N–H and O–H groups in total. The Labute approximate surface area is 158 Å². The predicted octanol–water partition coefficient (Wildman–Crippen LogP) is 1.99. The third kappa shape index (κ3) is 3.97. The van der Waals surface area contributed by atoms with E-state index in [1.54, 1.807) is 11.0 Å². The number of carbonyl (C=O) groups is 1. The molecule has 27 heavy (non-hydrogen) atoms. The topological polar surface area (TPSA) is 67.2 Å². The molecule has 0 radical (unpaired) electrons. The van der Waals surface area contributed by atoms with Crippen LogP contribution in [-0.2, 0) is 6.54 Å². The van der Waals surface area contributed by atoms with Gasteiger partial charge in [-0.1, -0.05) is 29.8 Å². The highest BCUT2D eigenvalue weighted by Crippen LogP contribution is 2.18. The van der Waals surface area contributed by atoms with E-state index in [1.165, 1.54) is 11.3 Å². The van der Waals surface area contributed by atoms with Crippen LogP contribution >= 0.6 is 0 Å². The van der Waals surface area contributed by atoms with Crippen molar-refractivity contribution in [1.82, 2.24) is 25.1 Å². The third-order valence-corrected chi connectivity index (χ3v) is 4.90. The maximum absolute atomic E-state index is 12.8. The number of hydrogen-bond donors (Lipinski definition) is 0. The van der Waals surface area contributed by atoms with Gasteiger partial charge in [-0.3, -0.25) is 4.79 Å². The SMILES string of the molecule is Cc1ccc(N2CCN(C(=O)c3ccc(Cn4cnnn4)cc3)CC2)cc1. The molecule has 1 fully saturated rings. The van der Waals surface area contributed by atoms with E-state index in [0.29, 0.717) is 6.54 Å². The van der Waals surface area contributed by atoms with Crippen molar-refractivity contribution in [3.63, 3.8) is 0 Å². The van der Waals surface area contributed by atoms with Crippen molar-refractivity contribution >= 4 is 11.6 Å². The van der Waals surface area contributed by atoms with E-state index in [-0.39, 0.29) is 5.91 Å². The maximum atomic E-state index is 12.8. The zero-order valence-corrected chi connectivity index (χ0v) is 15.3. The highest BCUT2D eigenvalue weighted by atomic mass is 16.2. The van der Waals surface area contributed by atoms with Crippen molar-refractivity contribution in [2.45, 2.75) is 13.5 Å². The molecule has 0 unspecified atom stereocenters. The number of benzene rings is 2. The summed E-state index contributed by atoms with van der Waals surface area (Å²) < 4.78 is 1.65. The van der Waals surface area contributed by atoms with Gasteiger partial charge in [-0.05, 0) is 47.2 Å². The zero-order valence-electron chi connectivity index (χ0n) is 15.3. The standard InChI is InChI=1S/C20H22N6O/c1-16-2-8-19(9-3-16)24-10-12-25(13-11-24)20(27)18-6-4-17(5-7-18)14-26-15-21-22-23-26/h2-9,15H,10-14H2,1H3. The molecular formula is C20H22N6O. The van der Waals surface area contributed by atoms with E-state index in [4.69, 9.17) is 0 Å². The fourth-order valence-corrected chi connectivity index (χ4v) is 3.30. The summed E-state index contributed by atoms with van der Waals surface area (Å²) in [5, 5.41) is 11.1. The second-order valence-corrected chi connectivity index (χ2v) is 6.82. The number of anilines is 1. The third-order valence-electron chi connectivity index (χ3n) is 4.90. The van der Waals surface area contributed by atoms with Gasteiger partial charge in [0, 0.05) is 37.4 Å². The summed E-state index contributed by atoms with van der Waals surface area (Å²) in [4.78, 5) is 17.0. The molecule has 0 saturated carbocycles. The number of carbonyl (C=O) groups excluding carboxylic acids is 1. The Morgan fingerprint density at radius 3 is 2.30 bits per heavy atom. The van der Waals surface area contributed by atoms with Gasteiger partial charge in [0.1, 0.15) is 6.33 Å². The molecule has 3 aromatic rings. The van der Waals surface area contributed by atoms with Gasteiger partial charge in [0.15, 0.2) is 0 Å². The average Bonchev–Trinajstić information content (AvgIpc) is 3.22. The Balaban J connectivity index is 1.35. The van der Waals surface area contributed by atoms with Gasteiger partial charge in [0.05, 0.1) is 6.54 Å². The van der Waals surface area contributed by atoms with E-state index < -0.39 is 0 Å². The lowest BCUT2D eigenvalue weighted by molar-refractivity contribution is 0.0747. The zero-order chi connectivity index (χ0) is 18.6. The molecule has 4 rings (SSSR count). The smallest absolute Gasteiger partial charge is 0.253 e. The van der Waals surface area contributed by atoms with Crippen LogP contribution in [0.15, 0.2) is 54.9 Å². The fraction of sp³-hybridized carbons (Fsp3) is 0.300. The number of amides is 1. The first-order valence-electron chi connectivity index (χ1n) is 9.10. The van der Waals surface area contributed by atoms with Gasteiger partial charge < -0.3 is 9.80 Å². The van der Waals surface area contributed by atoms with Crippen LogP contribution in [0.3, 0.4) is 0 Å². The van der Waals surface area contributed by atoms with Crippen LogP contribution in [0.25, 0.3) is 0 Å². The summed E-state index contributed by atoms with van der Waals surface area (Å²) in [6.45, 7) is 5.86. The van der Waals surface area contributed by atoms with Crippen molar-refractivity contribution in [3.05, 3.63) is 71.5 Å². The molecule has 0 aliphatic carbocycles. The Hall–Kier alpha value is -3.22. The highest BCUT2D eigenvalue weighted by molar-refractivity contribution is 5.94. The van der Waals surface area contributed by atoms with Crippen LogP contribution in [0, 0.1) is 6.92 Å². The molecule has 7 nitrogen and oxygen atoms in total. The quantitative estimate of drug-likeness (QED) is 0.710. The molecule has 0 spiro atoms. The van der Waals surface area contributed by atoms with Crippen molar-refractivity contribution < 1.29 is 4.79 Å². The van der Waals surface area contributed by atoms with Gasteiger partial charge in [0.25, 0.3) is 5.91 Å². The fourth-order valence-electron chi connectivity index (χ4n) is 3.30. The average molecular weight is 362 g/mol. The van der Waals surface area contributed by atoms with Crippen LogP contribution in [0.4, 0.5) is 5.69 Å². The second kappa shape index (κ2) is 7.57. The normalized spacial score (nSPS) is 14.4. The first-order valence-corrected chi connectivity index (χ1v) is 9.10. The van der Waals surface area contributed by atoms with Gasteiger partial charge in [-0.15, -0.1) is 5.10 Å². The number of tetrazole rings is 1. The van der Waals surface area contributed by atoms with Crippen molar-refractivity contribution in [2.75, 3.05) is 31.1 Å². The van der Waals surface area contributed by atoms with Crippen LogP contribution < -0.4 is 4.90 Å². The van der Waals surface area contributed by atoms with Crippen LogP contribution in [0.1, 0.15) is 21.5 Å².